The number of piperidine rings is 1. The second-order valence-corrected chi connectivity index (χ2v) is 13.0. The highest BCUT2D eigenvalue weighted by molar-refractivity contribution is 6.29. The number of aromatic nitrogens is 5. The normalized spacial score (nSPS) is 26.1. The summed E-state index contributed by atoms with van der Waals surface area (Å²) in [5.41, 5.74) is 9.66. The van der Waals surface area contributed by atoms with Crippen LogP contribution in [0.2, 0.25) is 5.28 Å². The standard InChI is InChI=1S/C32H40ClN7O2/c33-32-35-30(34)27-24(25-12-15-39(37-25)18-21-6-2-1-3-7-21)19-40(31(27)36-32)26-16-23(28(41)29(26)42)22-10-13-38(14-11-22)17-20-8-4-5-9-20/h1-3,6-7,12,15,19-20,22-23,26,28-29,41-42H,4-5,8-11,13-14,16-18H2,(H2,34,35,36)/t23-,26-,28-,29+/m1/s1. The molecule has 4 heterocycles. The van der Waals surface area contributed by atoms with Crippen LogP contribution in [0.3, 0.4) is 0 Å². The molecule has 1 aromatic carbocycles. The quantitative estimate of drug-likeness (QED) is 0.266. The van der Waals surface area contributed by atoms with Crippen molar-refractivity contribution < 1.29 is 10.2 Å². The Labute approximate surface area is 251 Å². The number of benzene rings is 1. The van der Waals surface area contributed by atoms with Crippen LogP contribution in [-0.4, -0.2) is 71.3 Å². The van der Waals surface area contributed by atoms with E-state index >= 15 is 0 Å². The number of anilines is 1. The Morgan fingerprint density at radius 1 is 0.952 bits per heavy atom. The Kier molecular flexibility index (Phi) is 7.69. The lowest BCUT2D eigenvalue weighted by molar-refractivity contribution is -0.0128. The molecule has 3 aliphatic rings. The van der Waals surface area contributed by atoms with Gasteiger partial charge in [-0.3, -0.25) is 4.68 Å². The Hall–Kier alpha value is -2.98. The van der Waals surface area contributed by atoms with Crippen LogP contribution >= 0.6 is 11.6 Å². The fraction of sp³-hybridized carbons (Fsp3) is 0.531. The van der Waals surface area contributed by atoms with Crippen molar-refractivity contribution >= 4 is 28.5 Å². The predicted octanol–water partition coefficient (Wildman–Crippen LogP) is 4.76. The second kappa shape index (κ2) is 11.6. The largest absolute Gasteiger partial charge is 0.390 e. The molecular formula is C32H40ClN7O2. The number of fused-ring (bicyclic) bond motifs is 1. The van der Waals surface area contributed by atoms with Crippen molar-refractivity contribution in [1.29, 1.82) is 0 Å². The molecule has 0 amide bonds. The van der Waals surface area contributed by atoms with Crippen molar-refractivity contribution in [2.24, 2.45) is 17.8 Å². The fourth-order valence-corrected chi connectivity index (χ4v) is 8.04. The molecule has 0 unspecified atom stereocenters. The number of rotatable bonds is 7. The molecule has 0 radical (unpaired) electrons. The van der Waals surface area contributed by atoms with Crippen LogP contribution in [0.25, 0.3) is 22.3 Å². The first kappa shape index (κ1) is 27.8. The molecule has 1 saturated heterocycles. The van der Waals surface area contributed by atoms with E-state index < -0.39 is 12.2 Å². The highest BCUT2D eigenvalue weighted by atomic mass is 35.5. The third-order valence-corrected chi connectivity index (χ3v) is 10.2. The van der Waals surface area contributed by atoms with E-state index in [0.717, 1.165) is 48.7 Å². The van der Waals surface area contributed by atoms with Gasteiger partial charge in [-0.05, 0) is 86.2 Å². The summed E-state index contributed by atoms with van der Waals surface area (Å²) in [4.78, 5) is 11.4. The molecule has 3 aromatic heterocycles. The molecule has 2 aliphatic carbocycles. The van der Waals surface area contributed by atoms with Gasteiger partial charge in [0.15, 0.2) is 0 Å². The van der Waals surface area contributed by atoms with E-state index in [1.165, 1.54) is 32.2 Å². The molecule has 1 aliphatic heterocycles. The van der Waals surface area contributed by atoms with Crippen LogP contribution in [0.15, 0.2) is 48.8 Å². The molecule has 3 fully saturated rings. The zero-order valence-electron chi connectivity index (χ0n) is 23.9. The number of aliphatic hydroxyl groups is 2. The number of nitrogens with zero attached hydrogens (tertiary/aromatic N) is 6. The minimum atomic E-state index is -0.916. The molecule has 4 aromatic rings. The Bertz CT molecular complexity index is 1520. The lowest BCUT2D eigenvalue weighted by atomic mass is 9.81. The summed E-state index contributed by atoms with van der Waals surface area (Å²) in [6.07, 6.45) is 10.5. The summed E-state index contributed by atoms with van der Waals surface area (Å²) in [5, 5.41) is 28.3. The molecule has 4 atom stereocenters. The molecule has 10 heteroatoms. The van der Waals surface area contributed by atoms with Gasteiger partial charge in [0.25, 0.3) is 0 Å². The van der Waals surface area contributed by atoms with Crippen LogP contribution in [0.1, 0.15) is 56.6 Å². The molecule has 0 bridgehead atoms. The lowest BCUT2D eigenvalue weighted by Gasteiger charge is -2.37. The van der Waals surface area contributed by atoms with Crippen molar-refractivity contribution in [3.8, 4) is 11.3 Å². The number of likely N-dealkylation sites (tertiary alicyclic amines) is 1. The molecule has 9 nitrogen and oxygen atoms in total. The number of nitrogen functional groups attached to an aromatic ring is 1. The SMILES string of the molecule is Nc1nc(Cl)nc2c1c(-c1ccn(Cc3ccccc3)n1)cn2[C@@H]1C[C@H](C2CCN(CC3CCCC3)CC2)[C@@H](O)[C@H]1O. The molecule has 42 heavy (non-hydrogen) atoms. The van der Waals surface area contributed by atoms with E-state index in [0.29, 0.717) is 29.9 Å². The maximum Gasteiger partial charge on any atom is 0.226 e. The van der Waals surface area contributed by atoms with Crippen molar-refractivity contribution in [1.82, 2.24) is 29.2 Å². The number of nitrogens with two attached hydrogens (primary N) is 1. The number of aliphatic hydroxyl groups excluding tert-OH is 2. The van der Waals surface area contributed by atoms with Gasteiger partial charge in [-0.1, -0.05) is 43.2 Å². The van der Waals surface area contributed by atoms with Gasteiger partial charge in [0, 0.05) is 24.5 Å². The first-order chi connectivity index (χ1) is 20.4. The maximum atomic E-state index is 11.4. The van der Waals surface area contributed by atoms with Crippen molar-refractivity contribution in [2.75, 3.05) is 25.4 Å². The third kappa shape index (κ3) is 5.32. The van der Waals surface area contributed by atoms with E-state index in [2.05, 4.69) is 27.0 Å². The van der Waals surface area contributed by atoms with Crippen LogP contribution in [0, 0.1) is 17.8 Å². The van der Waals surface area contributed by atoms with Gasteiger partial charge >= 0.3 is 0 Å². The minimum absolute atomic E-state index is 0.0271. The highest BCUT2D eigenvalue weighted by Crippen LogP contribution is 2.45. The van der Waals surface area contributed by atoms with Gasteiger partial charge in [-0.2, -0.15) is 10.1 Å². The van der Waals surface area contributed by atoms with Gasteiger partial charge in [0.2, 0.25) is 5.28 Å². The van der Waals surface area contributed by atoms with Crippen LogP contribution < -0.4 is 5.73 Å². The Morgan fingerprint density at radius 3 is 2.48 bits per heavy atom. The average Bonchev–Trinajstić information content (AvgIpc) is 3.79. The maximum absolute atomic E-state index is 11.4. The summed E-state index contributed by atoms with van der Waals surface area (Å²) < 4.78 is 3.85. The van der Waals surface area contributed by atoms with Crippen LogP contribution in [0.5, 0.6) is 0 Å². The summed E-state index contributed by atoms with van der Waals surface area (Å²) in [6.45, 7) is 4.01. The molecule has 222 valence electrons. The number of hydrogen-bond donors (Lipinski definition) is 3. The molecule has 2 saturated carbocycles. The van der Waals surface area contributed by atoms with Gasteiger partial charge in [0.05, 0.1) is 29.8 Å². The number of hydrogen-bond acceptors (Lipinski definition) is 7. The topological polar surface area (TPSA) is 118 Å². The summed E-state index contributed by atoms with van der Waals surface area (Å²) in [6, 6.07) is 11.8. The predicted molar refractivity (Wildman–Crippen MR) is 164 cm³/mol. The second-order valence-electron chi connectivity index (χ2n) is 12.6. The van der Waals surface area contributed by atoms with Gasteiger partial charge in [-0.25, -0.2) is 4.98 Å². The average molecular weight is 590 g/mol. The van der Waals surface area contributed by atoms with E-state index in [9.17, 15) is 10.2 Å². The zero-order chi connectivity index (χ0) is 28.8. The van der Waals surface area contributed by atoms with E-state index in [1.54, 1.807) is 0 Å². The molecule has 7 rings (SSSR count). The molecule has 0 spiro atoms. The van der Waals surface area contributed by atoms with Crippen LogP contribution in [0.4, 0.5) is 5.82 Å². The first-order valence-electron chi connectivity index (χ1n) is 15.4. The van der Waals surface area contributed by atoms with Crippen molar-refractivity contribution in [2.45, 2.75) is 69.7 Å². The minimum Gasteiger partial charge on any atom is -0.390 e. The van der Waals surface area contributed by atoms with Crippen LogP contribution in [-0.2, 0) is 6.54 Å². The van der Waals surface area contributed by atoms with E-state index in [-0.39, 0.29) is 23.1 Å². The Morgan fingerprint density at radius 2 is 1.71 bits per heavy atom. The number of halogens is 1. The van der Waals surface area contributed by atoms with Crippen molar-refractivity contribution in [3.05, 3.63) is 59.6 Å². The third-order valence-electron chi connectivity index (χ3n) is 10.1. The molecule has 4 N–H and O–H groups in total. The van der Waals surface area contributed by atoms with Gasteiger partial charge in [0.1, 0.15) is 17.6 Å². The van der Waals surface area contributed by atoms with Gasteiger partial charge < -0.3 is 25.4 Å². The molecular weight excluding hydrogens is 550 g/mol. The highest BCUT2D eigenvalue weighted by Gasteiger charge is 2.46. The monoisotopic (exact) mass is 589 g/mol. The van der Waals surface area contributed by atoms with E-state index in [4.69, 9.17) is 22.4 Å². The van der Waals surface area contributed by atoms with E-state index in [1.807, 2.05) is 45.9 Å². The first-order valence-corrected chi connectivity index (χ1v) is 15.8. The zero-order valence-corrected chi connectivity index (χ0v) is 24.7. The van der Waals surface area contributed by atoms with Gasteiger partial charge in [-0.15, -0.1) is 0 Å². The summed E-state index contributed by atoms with van der Waals surface area (Å²) in [7, 11) is 0. The summed E-state index contributed by atoms with van der Waals surface area (Å²) in [5.74, 6) is 1.54. The Balaban J connectivity index is 1.14. The summed E-state index contributed by atoms with van der Waals surface area (Å²) >= 11 is 6.29. The smallest absolute Gasteiger partial charge is 0.226 e. The lowest BCUT2D eigenvalue weighted by Crippen LogP contribution is -2.40. The van der Waals surface area contributed by atoms with Crippen molar-refractivity contribution in [3.63, 3.8) is 0 Å². The fourth-order valence-electron chi connectivity index (χ4n) is 7.87.